The van der Waals surface area contributed by atoms with Crippen LogP contribution in [0.4, 0.5) is 0 Å². The van der Waals surface area contributed by atoms with Gasteiger partial charge in [0.2, 0.25) is 0 Å². The molecule has 0 heterocycles. The Morgan fingerprint density at radius 3 is 0.955 bits per heavy atom. The SMILES string of the molecule is CC/C=C\C/C=C\C/C=C\C/C=C\CCCCCCCCC(=O)OCC(COC(=O)CCCCCCC/C=C\C/C=C\CCCC)OC(=O)CCCCCCCCCCCCCCCCCC. The quantitative estimate of drug-likeness (QED) is 0.0262. The number of allylic oxidation sites excluding steroid dienone is 12. The van der Waals surface area contributed by atoms with Crippen LogP contribution >= 0.6 is 0 Å². The molecule has 0 spiro atoms. The van der Waals surface area contributed by atoms with Crippen molar-refractivity contribution < 1.29 is 28.6 Å². The molecule has 0 aliphatic carbocycles. The molecule has 1 atom stereocenters. The minimum Gasteiger partial charge on any atom is -0.462 e. The van der Waals surface area contributed by atoms with Gasteiger partial charge in [-0.15, -0.1) is 0 Å². The zero-order chi connectivity index (χ0) is 48.6. The Bertz CT molecular complexity index is 1260. The lowest BCUT2D eigenvalue weighted by atomic mass is 10.0. The Balaban J connectivity index is 4.40. The highest BCUT2D eigenvalue weighted by molar-refractivity contribution is 5.71. The molecule has 0 aliphatic heterocycles. The molecule has 6 nitrogen and oxygen atoms in total. The standard InChI is InChI=1S/C61H106O6/c1-4-7-10-13-16-19-22-25-28-30-31-32-34-36-39-42-45-48-51-54-60(63)66-57-58(56-65-59(62)53-50-47-44-41-38-35-27-24-21-18-15-12-9-6-3)67-61(64)55-52-49-46-43-40-37-33-29-26-23-20-17-14-11-8-5-2/h7,10,15-16,18-19,24-25,27-28,31-32,58H,4-6,8-9,11-14,17,20-23,26,29-30,33-57H2,1-3H3/b10-7-,18-15-,19-16-,27-24-,28-25-,32-31-. The lowest BCUT2D eigenvalue weighted by molar-refractivity contribution is -0.167. The van der Waals surface area contributed by atoms with Gasteiger partial charge in [-0.05, 0) is 83.5 Å². The molecule has 67 heavy (non-hydrogen) atoms. The van der Waals surface area contributed by atoms with E-state index in [9.17, 15) is 14.4 Å². The Labute approximate surface area is 414 Å². The number of hydrogen-bond donors (Lipinski definition) is 0. The third kappa shape index (κ3) is 53.7. The predicted octanol–water partition coefficient (Wildman–Crippen LogP) is 19.0. The van der Waals surface area contributed by atoms with Crippen LogP contribution in [0.3, 0.4) is 0 Å². The van der Waals surface area contributed by atoms with Crippen LogP contribution in [0.15, 0.2) is 72.9 Å². The van der Waals surface area contributed by atoms with E-state index in [2.05, 4.69) is 93.7 Å². The minimum absolute atomic E-state index is 0.0855. The van der Waals surface area contributed by atoms with E-state index >= 15 is 0 Å². The summed E-state index contributed by atoms with van der Waals surface area (Å²) in [5, 5.41) is 0. The highest BCUT2D eigenvalue weighted by Gasteiger charge is 2.19. The van der Waals surface area contributed by atoms with Crippen molar-refractivity contribution in [3.8, 4) is 0 Å². The monoisotopic (exact) mass is 935 g/mol. The third-order valence-electron chi connectivity index (χ3n) is 12.2. The number of esters is 3. The summed E-state index contributed by atoms with van der Waals surface area (Å²) in [6, 6.07) is 0. The summed E-state index contributed by atoms with van der Waals surface area (Å²) in [7, 11) is 0. The van der Waals surface area contributed by atoms with Crippen LogP contribution in [-0.2, 0) is 28.6 Å². The predicted molar refractivity (Wildman–Crippen MR) is 288 cm³/mol. The maximum absolute atomic E-state index is 12.9. The van der Waals surface area contributed by atoms with Crippen LogP contribution in [0.1, 0.15) is 278 Å². The molecule has 0 aromatic rings. The van der Waals surface area contributed by atoms with Gasteiger partial charge in [-0.3, -0.25) is 14.4 Å². The molecule has 0 aliphatic rings. The first-order chi connectivity index (χ1) is 33.0. The van der Waals surface area contributed by atoms with Crippen LogP contribution in [0, 0.1) is 0 Å². The summed E-state index contributed by atoms with van der Waals surface area (Å²) in [6.45, 7) is 6.48. The van der Waals surface area contributed by atoms with Gasteiger partial charge in [-0.25, -0.2) is 0 Å². The van der Waals surface area contributed by atoms with Gasteiger partial charge >= 0.3 is 17.9 Å². The van der Waals surface area contributed by atoms with Crippen molar-refractivity contribution in [3.63, 3.8) is 0 Å². The molecule has 0 radical (unpaired) electrons. The van der Waals surface area contributed by atoms with Crippen molar-refractivity contribution in [2.24, 2.45) is 0 Å². The molecule has 0 rings (SSSR count). The van der Waals surface area contributed by atoms with Gasteiger partial charge in [0.05, 0.1) is 0 Å². The van der Waals surface area contributed by atoms with E-state index in [1.54, 1.807) is 0 Å². The van der Waals surface area contributed by atoms with Gasteiger partial charge in [0.15, 0.2) is 6.10 Å². The molecule has 0 N–H and O–H groups in total. The fourth-order valence-electron chi connectivity index (χ4n) is 7.92. The number of carbonyl (C=O) groups is 3. The zero-order valence-corrected chi connectivity index (χ0v) is 44.2. The van der Waals surface area contributed by atoms with Crippen molar-refractivity contribution in [1.82, 2.24) is 0 Å². The van der Waals surface area contributed by atoms with E-state index in [1.165, 1.54) is 128 Å². The first kappa shape index (κ1) is 63.8. The molecule has 386 valence electrons. The molecule has 6 heteroatoms. The van der Waals surface area contributed by atoms with Gasteiger partial charge < -0.3 is 14.2 Å². The summed E-state index contributed by atoms with van der Waals surface area (Å²) >= 11 is 0. The van der Waals surface area contributed by atoms with Gasteiger partial charge in [0, 0.05) is 19.3 Å². The average Bonchev–Trinajstić information content (AvgIpc) is 3.33. The van der Waals surface area contributed by atoms with Gasteiger partial charge in [0.1, 0.15) is 13.2 Å². The van der Waals surface area contributed by atoms with Gasteiger partial charge in [-0.2, -0.15) is 0 Å². The lowest BCUT2D eigenvalue weighted by Crippen LogP contribution is -2.30. The molecular formula is C61H106O6. The molecule has 0 saturated heterocycles. The second-order valence-electron chi connectivity index (χ2n) is 18.8. The molecule has 0 amide bonds. The van der Waals surface area contributed by atoms with Crippen molar-refractivity contribution in [1.29, 1.82) is 0 Å². The molecular weight excluding hydrogens is 829 g/mol. The largest absolute Gasteiger partial charge is 0.462 e. The smallest absolute Gasteiger partial charge is 0.306 e. The van der Waals surface area contributed by atoms with Crippen molar-refractivity contribution in [2.45, 2.75) is 284 Å². The maximum atomic E-state index is 12.9. The van der Waals surface area contributed by atoms with E-state index in [0.29, 0.717) is 19.3 Å². The van der Waals surface area contributed by atoms with E-state index in [0.717, 1.165) is 109 Å². The van der Waals surface area contributed by atoms with E-state index in [4.69, 9.17) is 14.2 Å². The summed E-state index contributed by atoms with van der Waals surface area (Å²) < 4.78 is 16.9. The third-order valence-corrected chi connectivity index (χ3v) is 12.2. The number of carbonyl (C=O) groups excluding carboxylic acids is 3. The second-order valence-corrected chi connectivity index (χ2v) is 18.8. The zero-order valence-electron chi connectivity index (χ0n) is 44.2. The Morgan fingerprint density at radius 2 is 0.597 bits per heavy atom. The fraction of sp³-hybridized carbons (Fsp3) is 0.754. The van der Waals surface area contributed by atoms with E-state index < -0.39 is 6.10 Å². The fourth-order valence-corrected chi connectivity index (χ4v) is 7.92. The average molecular weight is 936 g/mol. The Morgan fingerprint density at radius 1 is 0.313 bits per heavy atom. The van der Waals surface area contributed by atoms with Crippen LogP contribution < -0.4 is 0 Å². The second kappa shape index (κ2) is 55.4. The van der Waals surface area contributed by atoms with Crippen LogP contribution in [0.5, 0.6) is 0 Å². The summed E-state index contributed by atoms with van der Waals surface area (Å²) in [4.78, 5) is 38.1. The number of hydrogen-bond acceptors (Lipinski definition) is 6. The van der Waals surface area contributed by atoms with Crippen LogP contribution in [0.2, 0.25) is 0 Å². The van der Waals surface area contributed by atoms with E-state index in [1.807, 2.05) is 0 Å². The molecule has 0 fully saturated rings. The summed E-state index contributed by atoms with van der Waals surface area (Å²) in [6.07, 6.45) is 70.3. The number of ether oxygens (including phenoxy) is 3. The topological polar surface area (TPSA) is 78.9 Å². The summed E-state index contributed by atoms with van der Waals surface area (Å²) in [5.74, 6) is -0.902. The highest BCUT2D eigenvalue weighted by atomic mass is 16.6. The summed E-state index contributed by atoms with van der Waals surface area (Å²) in [5.41, 5.74) is 0. The van der Waals surface area contributed by atoms with Crippen LogP contribution in [0.25, 0.3) is 0 Å². The Kier molecular flexibility index (Phi) is 52.8. The van der Waals surface area contributed by atoms with Crippen molar-refractivity contribution in [2.75, 3.05) is 13.2 Å². The van der Waals surface area contributed by atoms with Crippen LogP contribution in [-0.4, -0.2) is 37.2 Å². The van der Waals surface area contributed by atoms with E-state index in [-0.39, 0.29) is 31.1 Å². The van der Waals surface area contributed by atoms with Crippen molar-refractivity contribution in [3.05, 3.63) is 72.9 Å². The molecule has 0 aromatic heterocycles. The van der Waals surface area contributed by atoms with Crippen molar-refractivity contribution >= 4 is 17.9 Å². The van der Waals surface area contributed by atoms with Gasteiger partial charge in [0.25, 0.3) is 0 Å². The van der Waals surface area contributed by atoms with Gasteiger partial charge in [-0.1, -0.05) is 248 Å². The minimum atomic E-state index is -0.786. The first-order valence-electron chi connectivity index (χ1n) is 28.4. The number of unbranched alkanes of at least 4 members (excludes halogenated alkanes) is 28. The number of rotatable bonds is 51. The maximum Gasteiger partial charge on any atom is 0.306 e. The normalized spacial score (nSPS) is 12.6. The lowest BCUT2D eigenvalue weighted by Gasteiger charge is -2.18. The molecule has 0 saturated carbocycles. The molecule has 1 unspecified atom stereocenters. The Hall–Kier alpha value is -3.15. The highest BCUT2D eigenvalue weighted by Crippen LogP contribution is 2.16. The first-order valence-corrected chi connectivity index (χ1v) is 28.4. The molecule has 0 bridgehead atoms. The molecule has 0 aromatic carbocycles.